The molecule has 1 amide bonds. The first kappa shape index (κ1) is 14.8. The number of benzene rings is 2. The third-order valence-electron chi connectivity index (χ3n) is 3.92. The van der Waals surface area contributed by atoms with Crippen molar-refractivity contribution < 1.29 is 4.79 Å². The molecule has 1 N–H and O–H groups in total. The number of carbonyl (C=O) groups is 1. The molecular weight excluding hydrogens is 272 g/mol. The molecule has 0 spiro atoms. The number of halogens is 1. The molecule has 1 atom stereocenters. The SMILES string of the molecule is CN(C(=O)c1cccc2ccccc12)C1CCNC1.Cl. The lowest BCUT2D eigenvalue weighted by Gasteiger charge is -2.24. The standard InChI is InChI=1S/C16H18N2O.ClH/c1-18(13-9-10-17-11-13)16(19)15-8-4-6-12-5-2-3-7-14(12)15;/h2-8,13,17H,9-11H2,1H3;1H. The van der Waals surface area contributed by atoms with Gasteiger partial charge in [-0.3, -0.25) is 4.79 Å². The van der Waals surface area contributed by atoms with E-state index in [1.807, 2.05) is 54.4 Å². The highest BCUT2D eigenvalue weighted by Crippen LogP contribution is 2.21. The quantitative estimate of drug-likeness (QED) is 0.922. The molecule has 0 radical (unpaired) electrons. The fraction of sp³-hybridized carbons (Fsp3) is 0.312. The summed E-state index contributed by atoms with van der Waals surface area (Å²) in [5.74, 6) is 0.116. The molecule has 1 saturated heterocycles. The number of nitrogens with one attached hydrogen (secondary N) is 1. The van der Waals surface area contributed by atoms with Gasteiger partial charge in [-0.05, 0) is 29.8 Å². The Morgan fingerprint density at radius 3 is 2.70 bits per heavy atom. The van der Waals surface area contributed by atoms with Crippen LogP contribution < -0.4 is 5.32 Å². The van der Waals surface area contributed by atoms with Crippen LogP contribution in [0.3, 0.4) is 0 Å². The van der Waals surface area contributed by atoms with E-state index in [4.69, 9.17) is 0 Å². The minimum Gasteiger partial charge on any atom is -0.337 e. The number of nitrogens with zero attached hydrogens (tertiary/aromatic N) is 1. The van der Waals surface area contributed by atoms with Crippen molar-refractivity contribution in [2.75, 3.05) is 20.1 Å². The highest BCUT2D eigenvalue weighted by Gasteiger charge is 2.24. The molecule has 3 nitrogen and oxygen atoms in total. The Balaban J connectivity index is 0.00000147. The second kappa shape index (κ2) is 6.25. The van der Waals surface area contributed by atoms with Gasteiger partial charge >= 0.3 is 0 Å². The van der Waals surface area contributed by atoms with Gasteiger partial charge in [0.2, 0.25) is 0 Å². The Kier molecular flexibility index (Phi) is 4.63. The van der Waals surface area contributed by atoms with E-state index in [0.717, 1.165) is 35.8 Å². The Labute approximate surface area is 125 Å². The van der Waals surface area contributed by atoms with Crippen LogP contribution in [-0.2, 0) is 0 Å². The number of rotatable bonds is 2. The highest BCUT2D eigenvalue weighted by molar-refractivity contribution is 6.07. The fourth-order valence-corrected chi connectivity index (χ4v) is 2.74. The molecule has 106 valence electrons. The van der Waals surface area contributed by atoms with E-state index < -0.39 is 0 Å². The third kappa shape index (κ3) is 2.65. The maximum absolute atomic E-state index is 12.6. The van der Waals surface area contributed by atoms with E-state index in [1.165, 1.54) is 0 Å². The summed E-state index contributed by atoms with van der Waals surface area (Å²) in [6, 6.07) is 14.3. The molecule has 1 aliphatic heterocycles. The van der Waals surface area contributed by atoms with Crippen molar-refractivity contribution >= 4 is 29.1 Å². The first-order valence-corrected chi connectivity index (χ1v) is 6.73. The van der Waals surface area contributed by atoms with Crippen LogP contribution >= 0.6 is 12.4 Å². The maximum Gasteiger partial charge on any atom is 0.254 e. The molecule has 4 heteroatoms. The van der Waals surface area contributed by atoms with Gasteiger partial charge in [0, 0.05) is 25.2 Å². The van der Waals surface area contributed by atoms with Crippen molar-refractivity contribution in [3.05, 3.63) is 48.0 Å². The molecule has 0 bridgehead atoms. The molecular formula is C16H19ClN2O. The number of fused-ring (bicyclic) bond motifs is 1. The number of carbonyl (C=O) groups excluding carboxylic acids is 1. The first-order chi connectivity index (χ1) is 9.27. The van der Waals surface area contributed by atoms with Crippen LogP contribution in [-0.4, -0.2) is 37.0 Å². The topological polar surface area (TPSA) is 32.3 Å². The molecule has 0 saturated carbocycles. The van der Waals surface area contributed by atoms with Crippen molar-refractivity contribution in [2.45, 2.75) is 12.5 Å². The fourth-order valence-electron chi connectivity index (χ4n) is 2.74. The monoisotopic (exact) mass is 290 g/mol. The lowest BCUT2D eigenvalue weighted by atomic mass is 10.0. The van der Waals surface area contributed by atoms with Gasteiger partial charge < -0.3 is 10.2 Å². The Bertz CT molecular complexity index is 603. The van der Waals surface area contributed by atoms with Gasteiger partial charge in [-0.25, -0.2) is 0 Å². The number of hydrogen-bond acceptors (Lipinski definition) is 2. The van der Waals surface area contributed by atoms with Crippen LogP contribution in [0, 0.1) is 0 Å². The summed E-state index contributed by atoms with van der Waals surface area (Å²) in [7, 11) is 1.90. The largest absolute Gasteiger partial charge is 0.337 e. The lowest BCUT2D eigenvalue weighted by molar-refractivity contribution is 0.0746. The summed E-state index contributed by atoms with van der Waals surface area (Å²) >= 11 is 0. The lowest BCUT2D eigenvalue weighted by Crippen LogP contribution is -2.38. The molecule has 1 fully saturated rings. The van der Waals surface area contributed by atoms with Gasteiger partial charge in [0.25, 0.3) is 5.91 Å². The van der Waals surface area contributed by atoms with E-state index in [1.54, 1.807) is 0 Å². The van der Waals surface area contributed by atoms with E-state index in [2.05, 4.69) is 5.32 Å². The Morgan fingerprint density at radius 1 is 1.20 bits per heavy atom. The molecule has 0 aliphatic carbocycles. The summed E-state index contributed by atoms with van der Waals surface area (Å²) in [6.07, 6.45) is 1.03. The average Bonchev–Trinajstić information content (AvgIpc) is 2.99. The predicted octanol–water partition coefficient (Wildman–Crippen LogP) is 2.70. The first-order valence-electron chi connectivity index (χ1n) is 6.73. The minimum absolute atomic E-state index is 0. The summed E-state index contributed by atoms with van der Waals surface area (Å²) in [5, 5.41) is 5.45. The highest BCUT2D eigenvalue weighted by atomic mass is 35.5. The van der Waals surface area contributed by atoms with Gasteiger partial charge in [-0.2, -0.15) is 0 Å². The molecule has 20 heavy (non-hydrogen) atoms. The number of hydrogen-bond donors (Lipinski definition) is 1. The van der Waals surface area contributed by atoms with Crippen LogP contribution in [0.5, 0.6) is 0 Å². The van der Waals surface area contributed by atoms with Crippen LogP contribution in [0.15, 0.2) is 42.5 Å². The molecule has 3 rings (SSSR count). The predicted molar refractivity (Wildman–Crippen MR) is 84.6 cm³/mol. The second-order valence-electron chi connectivity index (χ2n) is 5.09. The maximum atomic E-state index is 12.6. The zero-order valence-corrected chi connectivity index (χ0v) is 12.3. The third-order valence-corrected chi connectivity index (χ3v) is 3.92. The minimum atomic E-state index is 0. The van der Waals surface area contributed by atoms with Gasteiger partial charge in [-0.1, -0.05) is 36.4 Å². The smallest absolute Gasteiger partial charge is 0.254 e. The zero-order chi connectivity index (χ0) is 13.2. The van der Waals surface area contributed by atoms with Gasteiger partial charge in [0.1, 0.15) is 0 Å². The van der Waals surface area contributed by atoms with Crippen LogP contribution in [0.2, 0.25) is 0 Å². The van der Waals surface area contributed by atoms with E-state index >= 15 is 0 Å². The van der Waals surface area contributed by atoms with Crippen LogP contribution in [0.4, 0.5) is 0 Å². The second-order valence-corrected chi connectivity index (χ2v) is 5.09. The Morgan fingerprint density at radius 2 is 1.95 bits per heavy atom. The number of amides is 1. The van der Waals surface area contributed by atoms with Crippen LogP contribution in [0.1, 0.15) is 16.8 Å². The molecule has 2 aromatic rings. The van der Waals surface area contributed by atoms with Gasteiger partial charge in [-0.15, -0.1) is 12.4 Å². The molecule has 1 heterocycles. The zero-order valence-electron chi connectivity index (χ0n) is 11.5. The summed E-state index contributed by atoms with van der Waals surface area (Å²) in [4.78, 5) is 14.5. The van der Waals surface area contributed by atoms with Crippen LogP contribution in [0.25, 0.3) is 10.8 Å². The molecule has 1 unspecified atom stereocenters. The van der Waals surface area contributed by atoms with Gasteiger partial charge in [0.05, 0.1) is 0 Å². The van der Waals surface area contributed by atoms with Gasteiger partial charge in [0.15, 0.2) is 0 Å². The summed E-state index contributed by atoms with van der Waals surface area (Å²) < 4.78 is 0. The van der Waals surface area contributed by atoms with E-state index in [0.29, 0.717) is 6.04 Å². The Hall–Kier alpha value is -1.58. The summed E-state index contributed by atoms with van der Waals surface area (Å²) in [6.45, 7) is 1.89. The van der Waals surface area contributed by atoms with Crippen molar-refractivity contribution in [1.29, 1.82) is 0 Å². The van der Waals surface area contributed by atoms with Crippen molar-refractivity contribution in [3.8, 4) is 0 Å². The summed E-state index contributed by atoms with van der Waals surface area (Å²) in [5.41, 5.74) is 0.799. The number of likely N-dealkylation sites (N-methyl/N-ethyl adjacent to an activating group) is 1. The molecule has 0 aromatic heterocycles. The van der Waals surface area contributed by atoms with E-state index in [-0.39, 0.29) is 18.3 Å². The normalized spacial score (nSPS) is 17.8. The van der Waals surface area contributed by atoms with Crippen molar-refractivity contribution in [2.24, 2.45) is 0 Å². The average molecular weight is 291 g/mol. The molecule has 2 aromatic carbocycles. The molecule has 1 aliphatic rings. The van der Waals surface area contributed by atoms with Crippen molar-refractivity contribution in [3.63, 3.8) is 0 Å². The van der Waals surface area contributed by atoms with E-state index in [9.17, 15) is 4.79 Å². The van der Waals surface area contributed by atoms with Crippen molar-refractivity contribution in [1.82, 2.24) is 10.2 Å².